The Labute approximate surface area is 120 Å². The van der Waals surface area contributed by atoms with E-state index in [1.165, 1.54) is 12.8 Å². The standard InChI is InChI=1S/C14H26N2O2S/c1-19-12-6-4-5-11(9-12)16-13(17)15-10-14(18)7-2-3-8-14/h11-12,18H,2-10H2,1H3,(H2,15,16,17). The zero-order valence-electron chi connectivity index (χ0n) is 11.8. The summed E-state index contributed by atoms with van der Waals surface area (Å²) >= 11 is 1.90. The van der Waals surface area contributed by atoms with Gasteiger partial charge in [0.2, 0.25) is 0 Å². The maximum absolute atomic E-state index is 11.9. The molecule has 0 saturated heterocycles. The average molecular weight is 286 g/mol. The minimum absolute atomic E-state index is 0.118. The van der Waals surface area contributed by atoms with Crippen LogP contribution in [0.15, 0.2) is 0 Å². The van der Waals surface area contributed by atoms with E-state index in [-0.39, 0.29) is 6.03 Å². The Kier molecular flexibility index (Phi) is 5.39. The molecule has 2 aliphatic rings. The van der Waals surface area contributed by atoms with Crippen LogP contribution in [0.5, 0.6) is 0 Å². The average Bonchev–Trinajstić information content (AvgIpc) is 2.84. The molecule has 5 heteroatoms. The molecule has 2 rings (SSSR count). The van der Waals surface area contributed by atoms with Gasteiger partial charge in [0.1, 0.15) is 0 Å². The van der Waals surface area contributed by atoms with Crippen LogP contribution in [-0.4, -0.2) is 40.8 Å². The Morgan fingerprint density at radius 1 is 1.32 bits per heavy atom. The van der Waals surface area contributed by atoms with E-state index in [9.17, 15) is 9.90 Å². The fourth-order valence-electron chi connectivity index (χ4n) is 3.18. The van der Waals surface area contributed by atoms with E-state index >= 15 is 0 Å². The molecule has 2 aliphatic carbocycles. The SMILES string of the molecule is CSC1CCCC(NC(=O)NCC2(O)CCCC2)C1. The Morgan fingerprint density at radius 3 is 2.74 bits per heavy atom. The fraction of sp³-hybridized carbons (Fsp3) is 0.929. The molecule has 0 bridgehead atoms. The van der Waals surface area contributed by atoms with Crippen LogP contribution < -0.4 is 10.6 Å². The van der Waals surface area contributed by atoms with Gasteiger partial charge in [-0.25, -0.2) is 4.79 Å². The van der Waals surface area contributed by atoms with Crippen LogP contribution in [0.3, 0.4) is 0 Å². The molecule has 0 spiro atoms. The molecule has 19 heavy (non-hydrogen) atoms. The van der Waals surface area contributed by atoms with Gasteiger partial charge < -0.3 is 15.7 Å². The second-order valence-corrected chi connectivity index (χ2v) is 7.12. The predicted molar refractivity (Wildman–Crippen MR) is 79.5 cm³/mol. The van der Waals surface area contributed by atoms with Crippen LogP contribution >= 0.6 is 11.8 Å². The van der Waals surface area contributed by atoms with Crippen LogP contribution in [0.1, 0.15) is 51.4 Å². The first-order chi connectivity index (χ1) is 9.11. The highest BCUT2D eigenvalue weighted by Crippen LogP contribution is 2.29. The van der Waals surface area contributed by atoms with Crippen molar-refractivity contribution in [2.45, 2.75) is 68.3 Å². The van der Waals surface area contributed by atoms with Gasteiger partial charge in [0, 0.05) is 17.8 Å². The zero-order valence-corrected chi connectivity index (χ0v) is 12.6. The third-order valence-electron chi connectivity index (χ3n) is 4.41. The van der Waals surface area contributed by atoms with Crippen LogP contribution in [0.25, 0.3) is 0 Å². The number of aliphatic hydroxyl groups is 1. The topological polar surface area (TPSA) is 61.4 Å². The van der Waals surface area contributed by atoms with Crippen LogP contribution in [-0.2, 0) is 0 Å². The largest absolute Gasteiger partial charge is 0.388 e. The molecule has 0 aliphatic heterocycles. The monoisotopic (exact) mass is 286 g/mol. The quantitative estimate of drug-likeness (QED) is 0.743. The summed E-state index contributed by atoms with van der Waals surface area (Å²) in [5.74, 6) is 0. The fourth-order valence-corrected chi connectivity index (χ4v) is 4.01. The summed E-state index contributed by atoms with van der Waals surface area (Å²) in [6.07, 6.45) is 10.5. The van der Waals surface area contributed by atoms with Gasteiger partial charge in [0.05, 0.1) is 5.60 Å². The molecule has 2 amide bonds. The van der Waals surface area contributed by atoms with Crippen LogP contribution in [0, 0.1) is 0 Å². The molecule has 0 heterocycles. The van der Waals surface area contributed by atoms with Gasteiger partial charge in [-0.1, -0.05) is 19.3 Å². The number of amides is 2. The van der Waals surface area contributed by atoms with E-state index < -0.39 is 5.60 Å². The second-order valence-electron chi connectivity index (χ2n) is 5.98. The van der Waals surface area contributed by atoms with Crippen molar-refractivity contribution in [2.75, 3.05) is 12.8 Å². The Balaban J connectivity index is 1.69. The van der Waals surface area contributed by atoms with Crippen molar-refractivity contribution in [1.29, 1.82) is 0 Å². The van der Waals surface area contributed by atoms with Crippen molar-refractivity contribution < 1.29 is 9.90 Å². The van der Waals surface area contributed by atoms with Crippen molar-refractivity contribution in [3.8, 4) is 0 Å². The lowest BCUT2D eigenvalue weighted by Gasteiger charge is -2.29. The second kappa shape index (κ2) is 6.84. The number of hydrogen-bond donors (Lipinski definition) is 3. The van der Waals surface area contributed by atoms with Crippen molar-refractivity contribution in [1.82, 2.24) is 10.6 Å². The Morgan fingerprint density at radius 2 is 2.05 bits per heavy atom. The lowest BCUT2D eigenvalue weighted by Crippen LogP contribution is -2.49. The van der Waals surface area contributed by atoms with Crippen molar-refractivity contribution in [3.63, 3.8) is 0 Å². The number of carbonyl (C=O) groups is 1. The molecule has 2 atom stereocenters. The highest BCUT2D eigenvalue weighted by atomic mass is 32.2. The molecule has 0 aromatic carbocycles. The van der Waals surface area contributed by atoms with Gasteiger partial charge in [-0.05, 0) is 38.4 Å². The molecule has 2 saturated carbocycles. The smallest absolute Gasteiger partial charge is 0.315 e. The van der Waals surface area contributed by atoms with E-state index in [1.54, 1.807) is 0 Å². The molecule has 3 N–H and O–H groups in total. The summed E-state index contributed by atoms with van der Waals surface area (Å²) < 4.78 is 0. The minimum atomic E-state index is -0.661. The highest BCUT2D eigenvalue weighted by molar-refractivity contribution is 7.99. The van der Waals surface area contributed by atoms with Crippen molar-refractivity contribution >= 4 is 17.8 Å². The first-order valence-electron chi connectivity index (χ1n) is 7.41. The highest BCUT2D eigenvalue weighted by Gasteiger charge is 2.31. The molecule has 4 nitrogen and oxygen atoms in total. The molecule has 0 radical (unpaired) electrons. The third-order valence-corrected chi connectivity index (χ3v) is 5.50. The first-order valence-corrected chi connectivity index (χ1v) is 8.70. The third kappa shape index (κ3) is 4.56. The van der Waals surface area contributed by atoms with Gasteiger partial charge in [-0.15, -0.1) is 0 Å². The van der Waals surface area contributed by atoms with Gasteiger partial charge in [-0.2, -0.15) is 11.8 Å². The molecular weight excluding hydrogens is 260 g/mol. The molecule has 110 valence electrons. The number of carbonyl (C=O) groups excluding carboxylic acids is 1. The van der Waals surface area contributed by atoms with E-state index in [2.05, 4.69) is 16.9 Å². The summed E-state index contributed by atoms with van der Waals surface area (Å²) in [5, 5.41) is 16.7. The van der Waals surface area contributed by atoms with Crippen molar-refractivity contribution in [3.05, 3.63) is 0 Å². The van der Waals surface area contributed by atoms with E-state index in [0.717, 1.165) is 38.5 Å². The number of thioether (sulfide) groups is 1. The van der Waals surface area contributed by atoms with Crippen LogP contribution in [0.2, 0.25) is 0 Å². The number of rotatable bonds is 4. The number of nitrogens with one attached hydrogen (secondary N) is 2. The van der Waals surface area contributed by atoms with Gasteiger partial charge >= 0.3 is 6.03 Å². The van der Waals surface area contributed by atoms with E-state index in [0.29, 0.717) is 17.8 Å². The summed E-state index contributed by atoms with van der Waals surface area (Å²) in [4.78, 5) is 11.9. The lowest BCUT2D eigenvalue weighted by atomic mass is 9.95. The number of hydrogen-bond acceptors (Lipinski definition) is 3. The summed E-state index contributed by atoms with van der Waals surface area (Å²) in [6.45, 7) is 0.386. The van der Waals surface area contributed by atoms with E-state index in [4.69, 9.17) is 0 Å². The summed E-state index contributed by atoms with van der Waals surface area (Å²) in [6, 6.07) is 0.177. The van der Waals surface area contributed by atoms with Gasteiger partial charge in [0.15, 0.2) is 0 Å². The van der Waals surface area contributed by atoms with Crippen molar-refractivity contribution in [2.24, 2.45) is 0 Å². The summed E-state index contributed by atoms with van der Waals surface area (Å²) in [5.41, 5.74) is -0.661. The minimum Gasteiger partial charge on any atom is -0.388 e. The Bertz CT molecular complexity index is 306. The molecule has 2 unspecified atom stereocenters. The summed E-state index contributed by atoms with van der Waals surface area (Å²) in [7, 11) is 0. The van der Waals surface area contributed by atoms with Gasteiger partial charge in [-0.3, -0.25) is 0 Å². The maximum Gasteiger partial charge on any atom is 0.315 e. The predicted octanol–water partition coefficient (Wildman–Crippen LogP) is 2.26. The Hall–Kier alpha value is -0.420. The molecule has 2 fully saturated rings. The van der Waals surface area contributed by atoms with E-state index in [1.807, 2.05) is 11.8 Å². The van der Waals surface area contributed by atoms with Crippen LogP contribution in [0.4, 0.5) is 4.79 Å². The molecule has 0 aromatic rings. The lowest BCUT2D eigenvalue weighted by molar-refractivity contribution is 0.0499. The molecular formula is C14H26N2O2S. The maximum atomic E-state index is 11.9. The first kappa shape index (κ1) is 15.0. The normalized spacial score (nSPS) is 30.0. The number of urea groups is 1. The van der Waals surface area contributed by atoms with Gasteiger partial charge in [0.25, 0.3) is 0 Å². The molecule has 0 aromatic heterocycles. The zero-order chi connectivity index (χ0) is 13.7.